The number of benzene rings is 1. The lowest BCUT2D eigenvalue weighted by atomic mass is 10.1. The van der Waals surface area contributed by atoms with Crippen LogP contribution in [0.25, 0.3) is 0 Å². The van der Waals surface area contributed by atoms with Gasteiger partial charge in [-0.2, -0.15) is 0 Å². The van der Waals surface area contributed by atoms with Crippen LogP contribution < -0.4 is 11.1 Å². The summed E-state index contributed by atoms with van der Waals surface area (Å²) in [5.74, 6) is -0.278. The molecular weight excluding hydrogens is 248 g/mol. The van der Waals surface area contributed by atoms with E-state index in [1.807, 2.05) is 37.3 Å². The third-order valence-corrected chi connectivity index (χ3v) is 3.42. The zero-order valence-electron chi connectivity index (χ0n) is 9.96. The van der Waals surface area contributed by atoms with Gasteiger partial charge in [-0.1, -0.05) is 48.6 Å². The average molecular weight is 262 g/mol. The van der Waals surface area contributed by atoms with Gasteiger partial charge in [0, 0.05) is 0 Å². The van der Waals surface area contributed by atoms with Gasteiger partial charge in [-0.05, 0) is 12.0 Å². The van der Waals surface area contributed by atoms with Crippen molar-refractivity contribution in [2.45, 2.75) is 19.4 Å². The zero-order valence-corrected chi connectivity index (χ0v) is 10.8. The summed E-state index contributed by atoms with van der Waals surface area (Å²) >= 11 is 1.36. The first-order valence-corrected chi connectivity index (χ1v) is 6.46. The fourth-order valence-corrected chi connectivity index (χ4v) is 2.12. The molecule has 1 amide bonds. The second-order valence-electron chi connectivity index (χ2n) is 3.73. The summed E-state index contributed by atoms with van der Waals surface area (Å²) in [6.45, 7) is 1.99. The van der Waals surface area contributed by atoms with E-state index in [1.54, 1.807) is 0 Å². The molecule has 1 aromatic heterocycles. The highest BCUT2D eigenvalue weighted by Crippen LogP contribution is 2.17. The second-order valence-corrected chi connectivity index (χ2v) is 4.79. The summed E-state index contributed by atoms with van der Waals surface area (Å²) in [5.41, 5.74) is 6.64. The van der Waals surface area contributed by atoms with Crippen molar-refractivity contribution in [1.82, 2.24) is 10.2 Å². The third kappa shape index (κ3) is 2.91. The van der Waals surface area contributed by atoms with E-state index in [4.69, 9.17) is 5.73 Å². The summed E-state index contributed by atoms with van der Waals surface area (Å²) in [5, 5.41) is 11.9. The molecule has 0 aliphatic carbocycles. The summed E-state index contributed by atoms with van der Waals surface area (Å²) in [6.07, 6.45) is 0.804. The Labute approximate surface area is 109 Å². The molecule has 1 atom stereocenters. The van der Waals surface area contributed by atoms with Gasteiger partial charge in [0.15, 0.2) is 0 Å². The first kappa shape index (κ1) is 12.7. The van der Waals surface area contributed by atoms with E-state index in [1.165, 1.54) is 11.3 Å². The lowest BCUT2D eigenvalue weighted by Gasteiger charge is -2.10. The fraction of sp³-hybridized carbons (Fsp3) is 0.250. The number of rotatable bonds is 4. The van der Waals surface area contributed by atoms with E-state index in [0.29, 0.717) is 5.13 Å². The number of carbonyl (C=O) groups is 1. The number of hydrogen-bond donors (Lipinski definition) is 2. The average Bonchev–Trinajstić information content (AvgIpc) is 2.86. The van der Waals surface area contributed by atoms with E-state index >= 15 is 0 Å². The normalized spacial score (nSPS) is 12.1. The van der Waals surface area contributed by atoms with E-state index in [0.717, 1.165) is 17.0 Å². The van der Waals surface area contributed by atoms with Crippen molar-refractivity contribution < 1.29 is 4.79 Å². The standard InChI is InChI=1S/C12H14N4OS/c1-2-9-15-16-12(18-9)14-11(17)10(13)8-6-4-3-5-7-8/h3-7,10H,2,13H2,1H3,(H,14,16,17). The molecule has 0 bridgehead atoms. The van der Waals surface area contributed by atoms with Gasteiger partial charge >= 0.3 is 0 Å². The Hall–Kier alpha value is -1.79. The van der Waals surface area contributed by atoms with Crippen LogP contribution in [0.3, 0.4) is 0 Å². The molecular formula is C12H14N4OS. The first-order chi connectivity index (χ1) is 8.70. The minimum absolute atomic E-state index is 0.278. The highest BCUT2D eigenvalue weighted by atomic mass is 32.1. The monoisotopic (exact) mass is 262 g/mol. The molecule has 18 heavy (non-hydrogen) atoms. The van der Waals surface area contributed by atoms with Crippen LogP contribution in [0.4, 0.5) is 5.13 Å². The summed E-state index contributed by atoms with van der Waals surface area (Å²) in [6, 6.07) is 8.53. The number of anilines is 1. The van der Waals surface area contributed by atoms with Crippen LogP contribution in [0, 0.1) is 0 Å². The number of amides is 1. The molecule has 0 saturated heterocycles. The lowest BCUT2D eigenvalue weighted by Crippen LogP contribution is -2.27. The number of hydrogen-bond acceptors (Lipinski definition) is 5. The number of nitrogens with one attached hydrogen (secondary N) is 1. The lowest BCUT2D eigenvalue weighted by molar-refractivity contribution is -0.117. The molecule has 2 aromatic rings. The number of nitrogens with zero attached hydrogens (tertiary/aromatic N) is 2. The number of nitrogens with two attached hydrogens (primary N) is 1. The van der Waals surface area contributed by atoms with Gasteiger partial charge in [0.2, 0.25) is 11.0 Å². The van der Waals surface area contributed by atoms with E-state index in [9.17, 15) is 4.79 Å². The highest BCUT2D eigenvalue weighted by Gasteiger charge is 2.17. The molecule has 0 spiro atoms. The van der Waals surface area contributed by atoms with Crippen molar-refractivity contribution >= 4 is 22.4 Å². The van der Waals surface area contributed by atoms with Crippen molar-refractivity contribution in [3.8, 4) is 0 Å². The summed E-state index contributed by atoms with van der Waals surface area (Å²) in [4.78, 5) is 11.9. The molecule has 6 heteroatoms. The van der Waals surface area contributed by atoms with Crippen LogP contribution in [0.15, 0.2) is 30.3 Å². The molecule has 1 unspecified atom stereocenters. The Bertz CT molecular complexity index is 526. The minimum atomic E-state index is -0.694. The predicted octanol–water partition coefficient (Wildman–Crippen LogP) is 1.74. The van der Waals surface area contributed by atoms with Crippen molar-refractivity contribution in [2.24, 2.45) is 5.73 Å². The molecule has 0 fully saturated rings. The van der Waals surface area contributed by atoms with Gasteiger partial charge in [0.1, 0.15) is 11.0 Å². The zero-order chi connectivity index (χ0) is 13.0. The van der Waals surface area contributed by atoms with Crippen LogP contribution in [-0.2, 0) is 11.2 Å². The van der Waals surface area contributed by atoms with Crippen molar-refractivity contribution in [3.05, 3.63) is 40.9 Å². The van der Waals surface area contributed by atoms with E-state index in [-0.39, 0.29) is 5.91 Å². The number of carbonyl (C=O) groups excluding carboxylic acids is 1. The predicted molar refractivity (Wildman–Crippen MR) is 71.3 cm³/mol. The molecule has 0 saturated carbocycles. The van der Waals surface area contributed by atoms with Gasteiger partial charge < -0.3 is 5.73 Å². The van der Waals surface area contributed by atoms with Crippen LogP contribution in [0.2, 0.25) is 0 Å². The van der Waals surface area contributed by atoms with Crippen LogP contribution in [0.5, 0.6) is 0 Å². The molecule has 1 aromatic carbocycles. The van der Waals surface area contributed by atoms with Gasteiger partial charge in [0.05, 0.1) is 0 Å². The molecule has 2 rings (SSSR count). The van der Waals surface area contributed by atoms with Gasteiger partial charge in [-0.15, -0.1) is 10.2 Å². The SMILES string of the molecule is CCc1nnc(NC(=O)C(N)c2ccccc2)s1. The maximum absolute atomic E-state index is 11.9. The van der Waals surface area contributed by atoms with E-state index in [2.05, 4.69) is 15.5 Å². The minimum Gasteiger partial charge on any atom is -0.316 e. The molecule has 5 nitrogen and oxygen atoms in total. The molecule has 3 N–H and O–H groups in total. The van der Waals surface area contributed by atoms with Gasteiger partial charge in [-0.25, -0.2) is 0 Å². The van der Waals surface area contributed by atoms with Crippen molar-refractivity contribution in [3.63, 3.8) is 0 Å². The Morgan fingerprint density at radius 1 is 1.39 bits per heavy atom. The van der Waals surface area contributed by atoms with Gasteiger partial charge in [0.25, 0.3) is 0 Å². The highest BCUT2D eigenvalue weighted by molar-refractivity contribution is 7.15. The van der Waals surface area contributed by atoms with Crippen molar-refractivity contribution in [2.75, 3.05) is 5.32 Å². The summed E-state index contributed by atoms with van der Waals surface area (Å²) < 4.78 is 0. The second kappa shape index (κ2) is 5.70. The van der Waals surface area contributed by atoms with Crippen LogP contribution >= 0.6 is 11.3 Å². The number of aromatic nitrogens is 2. The molecule has 94 valence electrons. The van der Waals surface area contributed by atoms with Crippen LogP contribution in [-0.4, -0.2) is 16.1 Å². The molecule has 0 aliphatic heterocycles. The fourth-order valence-electron chi connectivity index (χ4n) is 1.44. The first-order valence-electron chi connectivity index (χ1n) is 5.64. The number of aryl methyl sites for hydroxylation is 1. The Morgan fingerprint density at radius 3 is 2.72 bits per heavy atom. The Balaban J connectivity index is 2.04. The van der Waals surface area contributed by atoms with E-state index < -0.39 is 6.04 Å². The molecule has 0 radical (unpaired) electrons. The largest absolute Gasteiger partial charge is 0.316 e. The third-order valence-electron chi connectivity index (χ3n) is 2.44. The summed E-state index contributed by atoms with van der Waals surface area (Å²) in [7, 11) is 0. The van der Waals surface area contributed by atoms with Crippen molar-refractivity contribution in [1.29, 1.82) is 0 Å². The van der Waals surface area contributed by atoms with Crippen LogP contribution in [0.1, 0.15) is 23.5 Å². The molecule has 1 heterocycles. The topological polar surface area (TPSA) is 80.9 Å². The van der Waals surface area contributed by atoms with Gasteiger partial charge in [-0.3, -0.25) is 10.1 Å². The Kier molecular flexibility index (Phi) is 4.01. The maximum atomic E-state index is 11.9. The molecule has 0 aliphatic rings. The quantitative estimate of drug-likeness (QED) is 0.879. The maximum Gasteiger partial charge on any atom is 0.247 e. The Morgan fingerprint density at radius 2 is 2.11 bits per heavy atom. The smallest absolute Gasteiger partial charge is 0.247 e.